The minimum atomic E-state index is -1.10. The second kappa shape index (κ2) is 7.39. The maximum atomic E-state index is 12.5. The third-order valence-corrected chi connectivity index (χ3v) is 4.00. The van der Waals surface area contributed by atoms with Gasteiger partial charge in [0.15, 0.2) is 11.2 Å². The van der Waals surface area contributed by atoms with Gasteiger partial charge in [0.1, 0.15) is 17.0 Å². The van der Waals surface area contributed by atoms with Crippen LogP contribution in [-0.4, -0.2) is 22.2 Å². The molecule has 0 aliphatic carbocycles. The molecule has 6 nitrogen and oxygen atoms in total. The quantitative estimate of drug-likeness (QED) is 0.717. The van der Waals surface area contributed by atoms with Crippen molar-refractivity contribution in [3.05, 3.63) is 58.4 Å². The number of pyridine rings is 1. The molecule has 0 aliphatic rings. The van der Waals surface area contributed by atoms with Crippen molar-refractivity contribution in [1.29, 1.82) is 0 Å². The van der Waals surface area contributed by atoms with Crippen molar-refractivity contribution in [2.45, 2.75) is 32.8 Å². The summed E-state index contributed by atoms with van der Waals surface area (Å²) in [4.78, 5) is 27.9. The van der Waals surface area contributed by atoms with Gasteiger partial charge >= 0.3 is 5.97 Å². The highest BCUT2D eigenvalue weighted by molar-refractivity contribution is 5.93. The minimum absolute atomic E-state index is 0.00764. The number of benzene rings is 1. The minimum Gasteiger partial charge on any atom is -0.488 e. The molecular weight excluding hydrogens is 334 g/mol. The van der Waals surface area contributed by atoms with Gasteiger partial charge in [-0.2, -0.15) is 0 Å². The standard InChI is InChI=1S/C20H19NO5/c1-3-5-12(2)25-17-6-4-9-21-19(17)18-11-15(22)14-10-13(20(23)24)7-8-16(14)26-18/h4,6-12H,3,5H2,1-2H3,(H,23,24). The molecule has 1 atom stereocenters. The molecule has 3 rings (SSSR count). The predicted molar refractivity (Wildman–Crippen MR) is 97.7 cm³/mol. The van der Waals surface area contributed by atoms with Crippen LogP contribution in [0, 0.1) is 0 Å². The maximum absolute atomic E-state index is 12.5. The van der Waals surface area contributed by atoms with E-state index in [1.165, 1.54) is 24.3 Å². The van der Waals surface area contributed by atoms with Gasteiger partial charge < -0.3 is 14.3 Å². The van der Waals surface area contributed by atoms with Crippen molar-refractivity contribution in [1.82, 2.24) is 4.98 Å². The average Bonchev–Trinajstić information content (AvgIpc) is 2.62. The van der Waals surface area contributed by atoms with Crippen LogP contribution >= 0.6 is 0 Å². The second-order valence-electron chi connectivity index (χ2n) is 6.06. The Morgan fingerprint density at radius 1 is 1.31 bits per heavy atom. The van der Waals surface area contributed by atoms with Gasteiger partial charge in [0.2, 0.25) is 0 Å². The van der Waals surface area contributed by atoms with E-state index in [4.69, 9.17) is 14.3 Å². The normalized spacial score (nSPS) is 12.1. The highest BCUT2D eigenvalue weighted by Crippen LogP contribution is 2.30. The Morgan fingerprint density at radius 3 is 2.85 bits per heavy atom. The van der Waals surface area contributed by atoms with Crippen molar-refractivity contribution in [2.24, 2.45) is 0 Å². The van der Waals surface area contributed by atoms with Crippen molar-refractivity contribution in [3.63, 3.8) is 0 Å². The molecule has 3 aromatic rings. The molecule has 1 N–H and O–H groups in total. The van der Waals surface area contributed by atoms with Gasteiger partial charge in [0.25, 0.3) is 0 Å². The monoisotopic (exact) mass is 353 g/mol. The molecule has 6 heteroatoms. The lowest BCUT2D eigenvalue weighted by Gasteiger charge is -2.16. The Bertz CT molecular complexity index is 1010. The first kappa shape index (κ1) is 17.7. The molecule has 0 fully saturated rings. The second-order valence-corrected chi connectivity index (χ2v) is 6.06. The molecule has 1 unspecified atom stereocenters. The number of aromatic carboxylic acids is 1. The average molecular weight is 353 g/mol. The lowest BCUT2D eigenvalue weighted by molar-refractivity contribution is 0.0697. The predicted octanol–water partition coefficient (Wildman–Crippen LogP) is 4.12. The molecule has 0 saturated heterocycles. The number of rotatable bonds is 6. The summed E-state index contributed by atoms with van der Waals surface area (Å²) in [5, 5.41) is 9.29. The summed E-state index contributed by atoms with van der Waals surface area (Å²) < 4.78 is 11.8. The highest BCUT2D eigenvalue weighted by atomic mass is 16.5. The van der Waals surface area contributed by atoms with Gasteiger partial charge in [-0.25, -0.2) is 9.78 Å². The van der Waals surface area contributed by atoms with Gasteiger partial charge in [-0.15, -0.1) is 0 Å². The van der Waals surface area contributed by atoms with E-state index in [0.29, 0.717) is 17.0 Å². The topological polar surface area (TPSA) is 89.6 Å². The Kier molecular flexibility index (Phi) is 5.02. The Labute approximate surface area is 150 Å². The van der Waals surface area contributed by atoms with Gasteiger partial charge in [0, 0.05) is 12.3 Å². The summed E-state index contributed by atoms with van der Waals surface area (Å²) in [5.74, 6) is -0.274. The summed E-state index contributed by atoms with van der Waals surface area (Å²) >= 11 is 0. The molecular formula is C20H19NO5. The fraction of sp³-hybridized carbons (Fsp3) is 0.250. The maximum Gasteiger partial charge on any atom is 0.335 e. The molecule has 0 saturated carbocycles. The first-order valence-corrected chi connectivity index (χ1v) is 8.43. The third-order valence-electron chi connectivity index (χ3n) is 4.00. The van der Waals surface area contributed by atoms with E-state index >= 15 is 0 Å². The molecule has 2 aromatic heterocycles. The Morgan fingerprint density at radius 2 is 2.12 bits per heavy atom. The number of hydrogen-bond acceptors (Lipinski definition) is 5. The van der Waals surface area contributed by atoms with E-state index in [1.54, 1.807) is 18.3 Å². The van der Waals surface area contributed by atoms with Gasteiger partial charge in [-0.05, 0) is 43.7 Å². The lowest BCUT2D eigenvalue weighted by atomic mass is 10.1. The van der Waals surface area contributed by atoms with Crippen molar-refractivity contribution in [2.75, 3.05) is 0 Å². The molecule has 0 aliphatic heterocycles. The van der Waals surface area contributed by atoms with Gasteiger partial charge in [-0.1, -0.05) is 13.3 Å². The highest BCUT2D eigenvalue weighted by Gasteiger charge is 2.16. The van der Waals surface area contributed by atoms with Crippen LogP contribution in [0.1, 0.15) is 37.0 Å². The van der Waals surface area contributed by atoms with Crippen LogP contribution in [0.15, 0.2) is 51.8 Å². The first-order chi connectivity index (χ1) is 12.5. The Hall–Kier alpha value is -3.15. The van der Waals surface area contributed by atoms with E-state index in [0.717, 1.165) is 12.8 Å². The molecule has 0 radical (unpaired) electrons. The third kappa shape index (κ3) is 3.59. The number of hydrogen-bond donors (Lipinski definition) is 1. The lowest BCUT2D eigenvalue weighted by Crippen LogP contribution is -2.12. The fourth-order valence-electron chi connectivity index (χ4n) is 2.76. The summed E-state index contributed by atoms with van der Waals surface area (Å²) in [5.41, 5.74) is 0.447. The number of carboxylic acid groups (broad SMARTS) is 1. The van der Waals surface area contributed by atoms with Crippen molar-refractivity contribution >= 4 is 16.9 Å². The van der Waals surface area contributed by atoms with Crippen LogP contribution in [-0.2, 0) is 0 Å². The molecule has 134 valence electrons. The summed E-state index contributed by atoms with van der Waals surface area (Å²) in [6.07, 6.45) is 3.50. The molecule has 0 spiro atoms. The van der Waals surface area contributed by atoms with Crippen LogP contribution in [0.2, 0.25) is 0 Å². The summed E-state index contributed by atoms with van der Waals surface area (Å²) in [6.45, 7) is 4.06. The number of carbonyl (C=O) groups is 1. The zero-order valence-electron chi connectivity index (χ0n) is 14.6. The van der Waals surface area contributed by atoms with Crippen LogP contribution < -0.4 is 10.2 Å². The fourth-order valence-corrected chi connectivity index (χ4v) is 2.76. The summed E-state index contributed by atoms with van der Waals surface area (Å²) in [7, 11) is 0. The van der Waals surface area contributed by atoms with E-state index in [9.17, 15) is 9.59 Å². The van der Waals surface area contributed by atoms with Crippen LogP contribution in [0.4, 0.5) is 0 Å². The largest absolute Gasteiger partial charge is 0.488 e. The van der Waals surface area contributed by atoms with E-state index in [2.05, 4.69) is 11.9 Å². The van der Waals surface area contributed by atoms with E-state index in [1.807, 2.05) is 6.92 Å². The van der Waals surface area contributed by atoms with Crippen LogP contribution in [0.5, 0.6) is 5.75 Å². The Balaban J connectivity index is 2.08. The van der Waals surface area contributed by atoms with E-state index in [-0.39, 0.29) is 28.2 Å². The molecule has 0 bridgehead atoms. The molecule has 2 heterocycles. The number of nitrogens with zero attached hydrogens (tertiary/aromatic N) is 1. The summed E-state index contributed by atoms with van der Waals surface area (Å²) in [6, 6.07) is 9.05. The van der Waals surface area contributed by atoms with Crippen LogP contribution in [0.3, 0.4) is 0 Å². The van der Waals surface area contributed by atoms with Crippen molar-refractivity contribution < 1.29 is 19.1 Å². The number of fused-ring (bicyclic) bond motifs is 1. The van der Waals surface area contributed by atoms with Gasteiger partial charge in [-0.3, -0.25) is 4.79 Å². The first-order valence-electron chi connectivity index (χ1n) is 8.43. The van der Waals surface area contributed by atoms with Crippen LogP contribution in [0.25, 0.3) is 22.4 Å². The number of ether oxygens (including phenoxy) is 1. The number of carboxylic acids is 1. The zero-order chi connectivity index (χ0) is 18.7. The zero-order valence-corrected chi connectivity index (χ0v) is 14.6. The van der Waals surface area contributed by atoms with Crippen molar-refractivity contribution in [3.8, 4) is 17.2 Å². The molecule has 26 heavy (non-hydrogen) atoms. The number of aromatic nitrogens is 1. The van der Waals surface area contributed by atoms with E-state index < -0.39 is 5.97 Å². The molecule has 1 aromatic carbocycles. The van der Waals surface area contributed by atoms with Gasteiger partial charge in [0.05, 0.1) is 17.1 Å². The smallest absolute Gasteiger partial charge is 0.335 e. The molecule has 0 amide bonds. The SMILES string of the molecule is CCCC(C)Oc1cccnc1-c1cc(=O)c2cc(C(=O)O)ccc2o1.